The lowest BCUT2D eigenvalue weighted by Gasteiger charge is -2.37. The van der Waals surface area contributed by atoms with Gasteiger partial charge in [-0.2, -0.15) is 0 Å². The van der Waals surface area contributed by atoms with Crippen molar-refractivity contribution in [3.05, 3.63) is 17.5 Å². The van der Waals surface area contributed by atoms with Gasteiger partial charge in [0.05, 0.1) is 17.7 Å². The van der Waals surface area contributed by atoms with E-state index in [-0.39, 0.29) is 29.2 Å². The van der Waals surface area contributed by atoms with Crippen LogP contribution in [0.3, 0.4) is 0 Å². The summed E-state index contributed by atoms with van der Waals surface area (Å²) in [5.74, 6) is 0.736. The molecule has 168 valence electrons. The van der Waals surface area contributed by atoms with Gasteiger partial charge in [0, 0.05) is 43.9 Å². The first-order valence-corrected chi connectivity index (χ1v) is 12.1. The van der Waals surface area contributed by atoms with Crippen molar-refractivity contribution in [3.63, 3.8) is 0 Å². The molecule has 1 N–H and O–H groups in total. The Morgan fingerprint density at radius 1 is 1.16 bits per heavy atom. The quantitative estimate of drug-likeness (QED) is 0.802. The third-order valence-electron chi connectivity index (χ3n) is 7.67. The van der Waals surface area contributed by atoms with Crippen molar-refractivity contribution in [3.8, 4) is 0 Å². The lowest BCUT2D eigenvalue weighted by molar-refractivity contribution is -0.130. The van der Waals surface area contributed by atoms with E-state index < -0.39 is 0 Å². The SMILES string of the molecule is CC1(C)Cc2nc(N3CCCC3)ncc2C(NC(=O)C2CC(=O)N(C3CCCC3)C2)C1. The maximum absolute atomic E-state index is 13.2. The van der Waals surface area contributed by atoms with Crippen molar-refractivity contribution in [1.82, 2.24) is 20.2 Å². The number of carbonyl (C=O) groups is 2. The van der Waals surface area contributed by atoms with Crippen LogP contribution in [0.4, 0.5) is 5.95 Å². The molecule has 0 bridgehead atoms. The van der Waals surface area contributed by atoms with E-state index in [4.69, 9.17) is 4.98 Å². The van der Waals surface area contributed by atoms with Gasteiger partial charge in [-0.05, 0) is 43.9 Å². The van der Waals surface area contributed by atoms with Crippen molar-refractivity contribution < 1.29 is 9.59 Å². The molecule has 2 atom stereocenters. The number of hydrogen-bond donors (Lipinski definition) is 1. The Bertz CT molecular complexity index is 858. The van der Waals surface area contributed by atoms with E-state index in [0.717, 1.165) is 56.0 Å². The topological polar surface area (TPSA) is 78.4 Å². The van der Waals surface area contributed by atoms with Gasteiger partial charge in [0.2, 0.25) is 17.8 Å². The van der Waals surface area contributed by atoms with Gasteiger partial charge in [0.15, 0.2) is 0 Å². The average Bonchev–Trinajstić information content (AvgIpc) is 3.48. The molecule has 31 heavy (non-hydrogen) atoms. The van der Waals surface area contributed by atoms with Crippen LogP contribution in [0.25, 0.3) is 0 Å². The van der Waals surface area contributed by atoms with E-state index in [1.807, 2.05) is 11.1 Å². The molecule has 2 aliphatic heterocycles. The monoisotopic (exact) mass is 425 g/mol. The van der Waals surface area contributed by atoms with E-state index in [2.05, 4.69) is 29.0 Å². The molecule has 1 aromatic heterocycles. The Morgan fingerprint density at radius 2 is 1.90 bits per heavy atom. The second kappa shape index (κ2) is 8.06. The number of amides is 2. The van der Waals surface area contributed by atoms with Crippen molar-refractivity contribution in [2.75, 3.05) is 24.5 Å². The largest absolute Gasteiger partial charge is 0.349 e. The van der Waals surface area contributed by atoms with Crippen LogP contribution in [0.2, 0.25) is 0 Å². The lowest BCUT2D eigenvalue weighted by Crippen LogP contribution is -2.41. The summed E-state index contributed by atoms with van der Waals surface area (Å²) in [5, 5.41) is 3.28. The van der Waals surface area contributed by atoms with E-state index in [1.165, 1.54) is 25.7 Å². The molecule has 7 heteroatoms. The van der Waals surface area contributed by atoms with Crippen LogP contribution in [-0.2, 0) is 16.0 Å². The number of nitrogens with one attached hydrogen (secondary N) is 1. The molecule has 7 nitrogen and oxygen atoms in total. The van der Waals surface area contributed by atoms with Crippen molar-refractivity contribution >= 4 is 17.8 Å². The fourth-order valence-electron chi connectivity index (χ4n) is 6.00. The summed E-state index contributed by atoms with van der Waals surface area (Å²) in [6, 6.07) is 0.256. The molecule has 5 rings (SSSR count). The number of carbonyl (C=O) groups excluding carboxylic acids is 2. The Hall–Kier alpha value is -2.18. The summed E-state index contributed by atoms with van der Waals surface area (Å²) < 4.78 is 0. The van der Waals surface area contributed by atoms with Gasteiger partial charge < -0.3 is 15.1 Å². The second-order valence-electron chi connectivity index (χ2n) is 10.8. The molecule has 0 spiro atoms. The van der Waals surface area contributed by atoms with Crippen LogP contribution in [0.5, 0.6) is 0 Å². The van der Waals surface area contributed by atoms with E-state index in [0.29, 0.717) is 19.0 Å². The fraction of sp³-hybridized carbons (Fsp3) is 0.750. The summed E-state index contributed by atoms with van der Waals surface area (Å²) in [6.45, 7) is 7.11. The molecule has 0 aromatic carbocycles. The normalized spacial score (nSPS) is 28.3. The van der Waals surface area contributed by atoms with E-state index in [9.17, 15) is 9.59 Å². The first-order chi connectivity index (χ1) is 14.9. The molecule has 2 aliphatic carbocycles. The maximum Gasteiger partial charge on any atom is 0.225 e. The van der Waals surface area contributed by atoms with E-state index in [1.54, 1.807) is 0 Å². The molecule has 2 saturated heterocycles. The number of likely N-dealkylation sites (tertiary alicyclic amines) is 1. The zero-order valence-electron chi connectivity index (χ0n) is 18.9. The number of hydrogen-bond acceptors (Lipinski definition) is 5. The number of fused-ring (bicyclic) bond motifs is 1. The van der Waals surface area contributed by atoms with Gasteiger partial charge in [-0.25, -0.2) is 9.97 Å². The molecule has 4 aliphatic rings. The van der Waals surface area contributed by atoms with Crippen LogP contribution in [0.15, 0.2) is 6.20 Å². The summed E-state index contributed by atoms with van der Waals surface area (Å²) in [4.78, 5) is 39.5. The van der Waals surface area contributed by atoms with E-state index >= 15 is 0 Å². The molecular weight excluding hydrogens is 390 g/mol. The number of rotatable bonds is 4. The molecule has 3 heterocycles. The Labute approximate surface area is 185 Å². The summed E-state index contributed by atoms with van der Waals surface area (Å²) >= 11 is 0. The van der Waals surface area contributed by atoms with Crippen molar-refractivity contribution in [1.29, 1.82) is 0 Å². The highest BCUT2D eigenvalue weighted by molar-refractivity contribution is 5.89. The third kappa shape index (κ3) is 4.15. The number of anilines is 1. The predicted molar refractivity (Wildman–Crippen MR) is 119 cm³/mol. The average molecular weight is 426 g/mol. The Kier molecular flexibility index (Phi) is 5.39. The predicted octanol–water partition coefficient (Wildman–Crippen LogP) is 3.00. The van der Waals surface area contributed by atoms with Gasteiger partial charge in [-0.15, -0.1) is 0 Å². The van der Waals surface area contributed by atoms with Crippen LogP contribution in [0, 0.1) is 11.3 Å². The minimum Gasteiger partial charge on any atom is -0.349 e. The zero-order chi connectivity index (χ0) is 21.6. The summed E-state index contributed by atoms with van der Waals surface area (Å²) in [6.07, 6.45) is 11.0. The molecule has 1 saturated carbocycles. The smallest absolute Gasteiger partial charge is 0.225 e. The van der Waals surface area contributed by atoms with Gasteiger partial charge in [0.25, 0.3) is 0 Å². The number of nitrogens with zero attached hydrogens (tertiary/aromatic N) is 4. The van der Waals surface area contributed by atoms with Gasteiger partial charge in [0.1, 0.15) is 0 Å². The van der Waals surface area contributed by atoms with Crippen LogP contribution >= 0.6 is 0 Å². The summed E-state index contributed by atoms with van der Waals surface area (Å²) in [7, 11) is 0. The van der Waals surface area contributed by atoms with Crippen molar-refractivity contribution in [2.45, 2.75) is 83.7 Å². The minimum atomic E-state index is -0.244. The maximum atomic E-state index is 13.2. The Morgan fingerprint density at radius 3 is 2.65 bits per heavy atom. The van der Waals surface area contributed by atoms with Crippen LogP contribution in [0.1, 0.15) is 82.5 Å². The van der Waals surface area contributed by atoms with Gasteiger partial charge >= 0.3 is 0 Å². The van der Waals surface area contributed by atoms with Crippen LogP contribution < -0.4 is 10.2 Å². The molecule has 0 radical (unpaired) electrons. The second-order valence-corrected chi connectivity index (χ2v) is 10.8. The summed E-state index contributed by atoms with van der Waals surface area (Å²) in [5.41, 5.74) is 2.17. The highest BCUT2D eigenvalue weighted by Gasteiger charge is 2.41. The Balaban J connectivity index is 1.31. The first kappa shape index (κ1) is 20.7. The molecule has 2 amide bonds. The standard InChI is InChI=1S/C24H35N5O2/c1-24(2)12-19(18-14-25-23(27-20(18)13-24)28-9-5-6-10-28)26-22(31)16-11-21(30)29(15-16)17-7-3-4-8-17/h14,16-17,19H,3-13,15H2,1-2H3,(H,26,31). The fourth-order valence-corrected chi connectivity index (χ4v) is 6.00. The first-order valence-electron chi connectivity index (χ1n) is 12.1. The highest BCUT2D eigenvalue weighted by Crippen LogP contribution is 2.41. The molecular formula is C24H35N5O2. The molecule has 3 fully saturated rings. The minimum absolute atomic E-state index is 0.00566. The van der Waals surface area contributed by atoms with Gasteiger partial charge in [-0.1, -0.05) is 26.7 Å². The third-order valence-corrected chi connectivity index (χ3v) is 7.67. The lowest BCUT2D eigenvalue weighted by atomic mass is 9.74. The zero-order valence-corrected chi connectivity index (χ0v) is 18.9. The number of aromatic nitrogens is 2. The van der Waals surface area contributed by atoms with Crippen LogP contribution in [-0.4, -0.2) is 52.4 Å². The van der Waals surface area contributed by atoms with Crippen molar-refractivity contribution in [2.24, 2.45) is 11.3 Å². The molecule has 2 unspecified atom stereocenters. The highest BCUT2D eigenvalue weighted by atomic mass is 16.2. The van der Waals surface area contributed by atoms with Gasteiger partial charge in [-0.3, -0.25) is 9.59 Å². The molecule has 1 aromatic rings.